The smallest absolute Gasteiger partial charge is 0.289 e. The zero-order valence-corrected chi connectivity index (χ0v) is 17.1. The number of hydrogen-bond acceptors (Lipinski definition) is 9. The summed E-state index contributed by atoms with van der Waals surface area (Å²) in [4.78, 5) is 28.2. The van der Waals surface area contributed by atoms with E-state index in [1.54, 1.807) is 28.2 Å². The maximum absolute atomic E-state index is 12.5. The van der Waals surface area contributed by atoms with Gasteiger partial charge in [0.15, 0.2) is 10.1 Å². The van der Waals surface area contributed by atoms with Crippen molar-refractivity contribution >= 4 is 40.0 Å². The van der Waals surface area contributed by atoms with Crippen molar-refractivity contribution in [3.05, 3.63) is 48.3 Å². The summed E-state index contributed by atoms with van der Waals surface area (Å²) >= 11 is 2.77. The molecule has 4 rings (SSSR count). The molecule has 4 heterocycles. The zero-order chi connectivity index (χ0) is 20.1. The second-order valence-electron chi connectivity index (χ2n) is 6.25. The molecule has 11 heteroatoms. The Morgan fingerprint density at radius 2 is 1.83 bits per heavy atom. The van der Waals surface area contributed by atoms with E-state index in [4.69, 9.17) is 8.83 Å². The second kappa shape index (κ2) is 9.14. The lowest BCUT2D eigenvalue weighted by Crippen LogP contribution is -2.51. The Labute approximate surface area is 175 Å². The fourth-order valence-electron chi connectivity index (χ4n) is 2.85. The van der Waals surface area contributed by atoms with Gasteiger partial charge in [0, 0.05) is 26.2 Å². The van der Waals surface area contributed by atoms with E-state index in [9.17, 15) is 9.59 Å². The largest absolute Gasteiger partial charge is 0.467 e. The molecule has 3 aromatic rings. The van der Waals surface area contributed by atoms with E-state index in [0.717, 1.165) is 10.1 Å². The fourth-order valence-corrected chi connectivity index (χ4v) is 4.50. The Bertz CT molecular complexity index is 934. The van der Waals surface area contributed by atoms with Crippen LogP contribution in [0.5, 0.6) is 0 Å². The molecular formula is C18H19N5O4S2. The van der Waals surface area contributed by atoms with Crippen molar-refractivity contribution in [2.45, 2.75) is 10.9 Å². The van der Waals surface area contributed by atoms with Crippen LogP contribution in [0, 0.1) is 0 Å². The maximum Gasteiger partial charge on any atom is 0.289 e. The third kappa shape index (κ3) is 4.98. The highest BCUT2D eigenvalue weighted by atomic mass is 32.2. The minimum absolute atomic E-state index is 0.0281. The van der Waals surface area contributed by atoms with E-state index >= 15 is 0 Å². The van der Waals surface area contributed by atoms with E-state index in [2.05, 4.69) is 15.5 Å². The first kappa shape index (κ1) is 19.5. The van der Waals surface area contributed by atoms with Crippen LogP contribution in [0.25, 0.3) is 0 Å². The molecule has 3 aromatic heterocycles. The molecular weight excluding hydrogens is 414 g/mol. The van der Waals surface area contributed by atoms with Crippen molar-refractivity contribution < 1.29 is 18.4 Å². The molecule has 0 unspecified atom stereocenters. The minimum Gasteiger partial charge on any atom is -0.467 e. The van der Waals surface area contributed by atoms with E-state index in [1.807, 2.05) is 12.1 Å². The van der Waals surface area contributed by atoms with Crippen molar-refractivity contribution in [1.29, 1.82) is 0 Å². The Morgan fingerprint density at radius 1 is 1.07 bits per heavy atom. The van der Waals surface area contributed by atoms with Gasteiger partial charge >= 0.3 is 0 Å². The van der Waals surface area contributed by atoms with Gasteiger partial charge in [0.05, 0.1) is 24.8 Å². The molecule has 152 valence electrons. The van der Waals surface area contributed by atoms with Crippen LogP contribution in [0.4, 0.5) is 5.13 Å². The number of nitrogens with zero attached hydrogens (tertiary/aromatic N) is 4. The number of aromatic nitrogens is 2. The molecule has 2 amide bonds. The van der Waals surface area contributed by atoms with Crippen molar-refractivity contribution in [2.24, 2.45) is 0 Å². The molecule has 0 radical (unpaired) electrons. The number of piperazine rings is 1. The van der Waals surface area contributed by atoms with Gasteiger partial charge in [-0.25, -0.2) is 0 Å². The summed E-state index contributed by atoms with van der Waals surface area (Å²) in [5, 5.41) is 12.0. The lowest BCUT2D eigenvalue weighted by Gasteiger charge is -2.34. The van der Waals surface area contributed by atoms with E-state index in [1.165, 1.54) is 29.4 Å². The molecule has 1 fully saturated rings. The van der Waals surface area contributed by atoms with Crippen LogP contribution in [-0.4, -0.2) is 63.7 Å². The SMILES string of the molecule is O=C(CSc1nnc(NCc2ccco2)s1)N1CCN(C(=O)c2ccco2)CC1. The molecule has 0 aromatic carbocycles. The molecule has 9 nitrogen and oxygen atoms in total. The standard InChI is InChI=1S/C18H19N5O4S2/c24-15(22-5-7-23(8-6-22)16(25)14-4-2-10-27-14)12-28-18-21-20-17(29-18)19-11-13-3-1-9-26-13/h1-4,9-10H,5-8,11-12H2,(H,19,20). The first-order valence-corrected chi connectivity index (χ1v) is 10.8. The van der Waals surface area contributed by atoms with Crippen LogP contribution in [0.1, 0.15) is 16.3 Å². The summed E-state index contributed by atoms with van der Waals surface area (Å²) in [6.45, 7) is 2.55. The number of rotatable bonds is 7. The maximum atomic E-state index is 12.5. The van der Waals surface area contributed by atoms with Crippen LogP contribution in [0.2, 0.25) is 0 Å². The van der Waals surface area contributed by atoms with Crippen molar-refractivity contribution in [3.63, 3.8) is 0 Å². The van der Waals surface area contributed by atoms with Crippen LogP contribution >= 0.6 is 23.1 Å². The summed E-state index contributed by atoms with van der Waals surface area (Å²) in [6, 6.07) is 7.05. The monoisotopic (exact) mass is 433 g/mol. The highest BCUT2D eigenvalue weighted by molar-refractivity contribution is 8.01. The van der Waals surface area contributed by atoms with Gasteiger partial charge in [-0.1, -0.05) is 23.1 Å². The number of amides is 2. The average molecular weight is 434 g/mol. The quantitative estimate of drug-likeness (QED) is 0.567. The second-order valence-corrected chi connectivity index (χ2v) is 8.44. The molecule has 0 atom stereocenters. The number of furan rings is 2. The molecule has 0 bridgehead atoms. The number of carbonyl (C=O) groups is 2. The first-order valence-electron chi connectivity index (χ1n) is 9.02. The average Bonchev–Trinajstić information content (AvgIpc) is 3.52. The third-order valence-electron chi connectivity index (χ3n) is 4.37. The summed E-state index contributed by atoms with van der Waals surface area (Å²) < 4.78 is 11.1. The molecule has 0 aliphatic carbocycles. The van der Waals surface area contributed by atoms with Crippen LogP contribution in [-0.2, 0) is 11.3 Å². The molecule has 0 saturated carbocycles. The lowest BCUT2D eigenvalue weighted by molar-refractivity contribution is -0.129. The van der Waals surface area contributed by atoms with Gasteiger partial charge < -0.3 is 24.0 Å². The summed E-state index contributed by atoms with van der Waals surface area (Å²) in [5.74, 6) is 1.32. The topological polar surface area (TPSA) is 105 Å². The van der Waals surface area contributed by atoms with E-state index in [-0.39, 0.29) is 11.8 Å². The summed E-state index contributed by atoms with van der Waals surface area (Å²) in [7, 11) is 0. The number of anilines is 1. The predicted octanol–water partition coefficient (Wildman–Crippen LogP) is 2.41. The van der Waals surface area contributed by atoms with E-state index in [0.29, 0.717) is 49.4 Å². The van der Waals surface area contributed by atoms with Gasteiger partial charge in [-0.15, -0.1) is 10.2 Å². The first-order chi connectivity index (χ1) is 14.2. The van der Waals surface area contributed by atoms with Gasteiger partial charge in [0.25, 0.3) is 5.91 Å². The van der Waals surface area contributed by atoms with Gasteiger partial charge in [-0.05, 0) is 24.3 Å². The summed E-state index contributed by atoms with van der Waals surface area (Å²) in [5.41, 5.74) is 0. The molecule has 1 N–H and O–H groups in total. The highest BCUT2D eigenvalue weighted by Gasteiger charge is 2.26. The minimum atomic E-state index is -0.139. The number of hydrogen-bond donors (Lipinski definition) is 1. The van der Waals surface area contributed by atoms with Crippen LogP contribution in [0.15, 0.2) is 50.0 Å². The Balaban J connectivity index is 1.20. The Hall–Kier alpha value is -2.79. The lowest BCUT2D eigenvalue weighted by atomic mass is 10.3. The molecule has 1 saturated heterocycles. The third-order valence-corrected chi connectivity index (χ3v) is 6.37. The fraction of sp³-hybridized carbons (Fsp3) is 0.333. The number of nitrogens with one attached hydrogen (secondary N) is 1. The zero-order valence-electron chi connectivity index (χ0n) is 15.4. The van der Waals surface area contributed by atoms with Crippen LogP contribution in [0.3, 0.4) is 0 Å². The summed E-state index contributed by atoms with van der Waals surface area (Å²) in [6.07, 6.45) is 3.10. The molecule has 1 aliphatic heterocycles. The van der Waals surface area contributed by atoms with Crippen molar-refractivity contribution in [3.8, 4) is 0 Å². The number of thioether (sulfide) groups is 1. The Kier molecular flexibility index (Phi) is 6.15. The van der Waals surface area contributed by atoms with Gasteiger partial charge in [-0.3, -0.25) is 9.59 Å². The molecule has 1 aliphatic rings. The predicted molar refractivity (Wildman–Crippen MR) is 108 cm³/mol. The molecule has 29 heavy (non-hydrogen) atoms. The van der Waals surface area contributed by atoms with Gasteiger partial charge in [0.1, 0.15) is 5.76 Å². The Morgan fingerprint density at radius 3 is 2.55 bits per heavy atom. The van der Waals surface area contributed by atoms with Crippen LogP contribution < -0.4 is 5.32 Å². The van der Waals surface area contributed by atoms with Gasteiger partial charge in [-0.2, -0.15) is 0 Å². The number of carbonyl (C=O) groups excluding carboxylic acids is 2. The van der Waals surface area contributed by atoms with Crippen molar-refractivity contribution in [1.82, 2.24) is 20.0 Å². The normalized spacial score (nSPS) is 14.2. The highest BCUT2D eigenvalue weighted by Crippen LogP contribution is 2.26. The van der Waals surface area contributed by atoms with E-state index < -0.39 is 0 Å². The molecule has 0 spiro atoms. The van der Waals surface area contributed by atoms with Crippen molar-refractivity contribution in [2.75, 3.05) is 37.2 Å². The van der Waals surface area contributed by atoms with Gasteiger partial charge in [0.2, 0.25) is 11.0 Å².